The summed E-state index contributed by atoms with van der Waals surface area (Å²) in [6.07, 6.45) is 2.14. The van der Waals surface area contributed by atoms with E-state index in [2.05, 4.69) is 15.8 Å². The number of carbonyl (C=O) groups excluding carboxylic acids is 2. The monoisotopic (exact) mass is 394 g/mol. The van der Waals surface area contributed by atoms with Crippen LogP contribution in [0.25, 0.3) is 5.69 Å². The number of amides is 2. The molecule has 0 radical (unpaired) electrons. The first-order valence-electron chi connectivity index (χ1n) is 9.16. The van der Waals surface area contributed by atoms with E-state index in [9.17, 15) is 9.59 Å². The van der Waals surface area contributed by atoms with E-state index in [4.69, 9.17) is 9.47 Å². The second kappa shape index (κ2) is 9.41. The van der Waals surface area contributed by atoms with Crippen LogP contribution in [0.1, 0.15) is 24.3 Å². The number of nitrogens with one attached hydrogen (secondary N) is 2. The van der Waals surface area contributed by atoms with Gasteiger partial charge >= 0.3 is 0 Å². The molecule has 1 aromatic heterocycles. The predicted octanol–water partition coefficient (Wildman–Crippen LogP) is 2.50. The van der Waals surface area contributed by atoms with Crippen LogP contribution in [0.2, 0.25) is 0 Å². The van der Waals surface area contributed by atoms with Crippen molar-refractivity contribution < 1.29 is 19.1 Å². The Labute approximate surface area is 168 Å². The summed E-state index contributed by atoms with van der Waals surface area (Å²) in [5.74, 6) is 0.259. The highest BCUT2D eigenvalue weighted by Crippen LogP contribution is 2.18. The minimum absolute atomic E-state index is 0.289. The zero-order valence-corrected chi connectivity index (χ0v) is 16.2. The van der Waals surface area contributed by atoms with Gasteiger partial charge in [0.1, 0.15) is 17.2 Å². The maximum Gasteiger partial charge on any atom is 0.288 e. The van der Waals surface area contributed by atoms with Crippen molar-refractivity contribution >= 4 is 11.8 Å². The molecule has 2 N–H and O–H groups in total. The highest BCUT2D eigenvalue weighted by Gasteiger charge is 2.18. The maximum atomic E-state index is 12.4. The molecular weight excluding hydrogens is 372 g/mol. The van der Waals surface area contributed by atoms with Gasteiger partial charge in [0, 0.05) is 5.69 Å². The van der Waals surface area contributed by atoms with Crippen LogP contribution in [-0.2, 0) is 4.79 Å². The highest BCUT2D eigenvalue weighted by atomic mass is 16.5. The normalized spacial score (nSPS) is 11.4. The van der Waals surface area contributed by atoms with E-state index in [1.54, 1.807) is 35.8 Å². The number of hydrogen-bond acceptors (Lipinski definition) is 5. The largest absolute Gasteiger partial charge is 0.494 e. The Morgan fingerprint density at radius 3 is 2.41 bits per heavy atom. The Balaban J connectivity index is 1.55. The topological polar surface area (TPSA) is 94.5 Å². The molecule has 0 aliphatic rings. The number of para-hydroxylation sites is 1. The number of ether oxygens (including phenoxy) is 2. The van der Waals surface area contributed by atoms with Crippen molar-refractivity contribution in [3.63, 3.8) is 0 Å². The second-order valence-electron chi connectivity index (χ2n) is 6.09. The van der Waals surface area contributed by atoms with E-state index < -0.39 is 17.9 Å². The lowest BCUT2D eigenvalue weighted by Crippen LogP contribution is -2.47. The van der Waals surface area contributed by atoms with Crippen LogP contribution >= 0.6 is 0 Å². The predicted molar refractivity (Wildman–Crippen MR) is 107 cm³/mol. The lowest BCUT2D eigenvalue weighted by molar-refractivity contribution is -0.128. The summed E-state index contributed by atoms with van der Waals surface area (Å²) in [4.78, 5) is 28.7. The van der Waals surface area contributed by atoms with E-state index in [1.165, 1.54) is 12.5 Å². The van der Waals surface area contributed by atoms with Crippen molar-refractivity contribution in [1.29, 1.82) is 0 Å². The van der Waals surface area contributed by atoms with Crippen LogP contribution in [0.4, 0.5) is 0 Å². The van der Waals surface area contributed by atoms with Gasteiger partial charge < -0.3 is 9.47 Å². The summed E-state index contributed by atoms with van der Waals surface area (Å²) >= 11 is 0. The molecule has 0 saturated carbocycles. The van der Waals surface area contributed by atoms with E-state index in [-0.39, 0.29) is 5.69 Å². The third-order valence-corrected chi connectivity index (χ3v) is 4.02. The molecule has 1 unspecified atom stereocenters. The van der Waals surface area contributed by atoms with Crippen molar-refractivity contribution in [1.82, 2.24) is 20.4 Å². The zero-order valence-electron chi connectivity index (χ0n) is 16.2. The smallest absolute Gasteiger partial charge is 0.288 e. The SMILES string of the molecule is CCOc1ccc(OC(C)C(=O)NNC(=O)c2cncn2-c2ccccc2)cc1. The maximum absolute atomic E-state index is 12.4. The minimum atomic E-state index is -0.813. The van der Waals surface area contributed by atoms with Crippen LogP contribution in [0.15, 0.2) is 67.1 Å². The molecule has 2 aromatic carbocycles. The fourth-order valence-corrected chi connectivity index (χ4v) is 2.58. The number of hydrogen-bond donors (Lipinski definition) is 2. The second-order valence-corrected chi connectivity index (χ2v) is 6.09. The van der Waals surface area contributed by atoms with Crippen molar-refractivity contribution in [2.45, 2.75) is 20.0 Å². The number of carbonyl (C=O) groups is 2. The van der Waals surface area contributed by atoms with E-state index in [1.807, 2.05) is 37.3 Å². The van der Waals surface area contributed by atoms with Gasteiger partial charge in [0.15, 0.2) is 6.10 Å². The summed E-state index contributed by atoms with van der Waals surface area (Å²) in [7, 11) is 0. The molecule has 1 heterocycles. The molecule has 0 aliphatic heterocycles. The Morgan fingerprint density at radius 2 is 1.72 bits per heavy atom. The highest BCUT2D eigenvalue weighted by molar-refractivity contribution is 5.94. The average Bonchev–Trinajstić information content (AvgIpc) is 3.24. The van der Waals surface area contributed by atoms with Crippen molar-refractivity contribution in [2.24, 2.45) is 0 Å². The van der Waals surface area contributed by atoms with Crippen LogP contribution in [0.5, 0.6) is 11.5 Å². The van der Waals surface area contributed by atoms with Gasteiger partial charge in [-0.15, -0.1) is 0 Å². The third-order valence-electron chi connectivity index (χ3n) is 4.02. The van der Waals surface area contributed by atoms with E-state index in [0.717, 1.165) is 11.4 Å². The van der Waals surface area contributed by atoms with Gasteiger partial charge in [-0.25, -0.2) is 4.98 Å². The van der Waals surface area contributed by atoms with E-state index >= 15 is 0 Å². The molecule has 150 valence electrons. The molecule has 0 aliphatic carbocycles. The Bertz CT molecular complexity index is 954. The van der Waals surface area contributed by atoms with Gasteiger partial charge in [0.25, 0.3) is 11.8 Å². The summed E-state index contributed by atoms with van der Waals surface area (Å²) in [5.41, 5.74) is 5.83. The Morgan fingerprint density at radius 1 is 1.03 bits per heavy atom. The molecule has 0 spiro atoms. The van der Waals surface area contributed by atoms with Crippen LogP contribution < -0.4 is 20.3 Å². The molecule has 0 saturated heterocycles. The summed E-state index contributed by atoms with van der Waals surface area (Å²) in [5, 5.41) is 0. The summed E-state index contributed by atoms with van der Waals surface area (Å²) < 4.78 is 12.6. The molecule has 3 aromatic rings. The molecule has 1 atom stereocenters. The van der Waals surface area contributed by atoms with E-state index in [0.29, 0.717) is 12.4 Å². The van der Waals surface area contributed by atoms with Crippen LogP contribution in [-0.4, -0.2) is 34.1 Å². The quantitative estimate of drug-likeness (QED) is 0.601. The lowest BCUT2D eigenvalue weighted by atomic mass is 10.3. The van der Waals surface area contributed by atoms with Gasteiger partial charge in [0.05, 0.1) is 19.1 Å². The first-order chi connectivity index (χ1) is 14.1. The third kappa shape index (κ3) is 5.13. The van der Waals surface area contributed by atoms with Crippen molar-refractivity contribution in [3.05, 3.63) is 72.8 Å². The Kier molecular flexibility index (Phi) is 6.47. The first-order valence-corrected chi connectivity index (χ1v) is 9.16. The van der Waals surface area contributed by atoms with Crippen LogP contribution in [0.3, 0.4) is 0 Å². The molecule has 8 heteroatoms. The number of nitrogens with zero attached hydrogens (tertiary/aromatic N) is 2. The van der Waals surface area contributed by atoms with Crippen molar-refractivity contribution in [3.8, 4) is 17.2 Å². The van der Waals surface area contributed by atoms with Gasteiger partial charge in [-0.05, 0) is 50.2 Å². The fraction of sp³-hybridized carbons (Fsp3) is 0.190. The summed E-state index contributed by atoms with van der Waals surface area (Å²) in [6.45, 7) is 4.06. The minimum Gasteiger partial charge on any atom is -0.494 e. The zero-order chi connectivity index (χ0) is 20.6. The number of rotatable bonds is 7. The number of hydrazine groups is 1. The lowest BCUT2D eigenvalue weighted by Gasteiger charge is -2.16. The molecule has 8 nitrogen and oxygen atoms in total. The van der Waals surface area contributed by atoms with Gasteiger partial charge in [0.2, 0.25) is 0 Å². The molecule has 3 rings (SSSR count). The molecule has 2 amide bonds. The summed E-state index contributed by atoms with van der Waals surface area (Å²) in [6, 6.07) is 16.3. The van der Waals surface area contributed by atoms with Crippen molar-refractivity contribution in [2.75, 3.05) is 6.61 Å². The standard InChI is InChI=1S/C21H22N4O4/c1-3-28-17-9-11-18(12-10-17)29-15(2)20(26)23-24-21(27)19-13-22-14-25(19)16-7-5-4-6-8-16/h4-15H,3H2,1-2H3,(H,23,26)(H,24,27). The number of benzene rings is 2. The molecule has 0 fully saturated rings. The average molecular weight is 394 g/mol. The fourth-order valence-electron chi connectivity index (χ4n) is 2.58. The molecule has 0 bridgehead atoms. The molecular formula is C21H22N4O4. The number of imidazole rings is 1. The molecule has 29 heavy (non-hydrogen) atoms. The Hall–Kier alpha value is -3.81. The van der Waals surface area contributed by atoms with Crippen LogP contribution in [0, 0.1) is 0 Å². The first kappa shape index (κ1) is 19.9. The van der Waals surface area contributed by atoms with Gasteiger partial charge in [-0.3, -0.25) is 25.0 Å². The van der Waals surface area contributed by atoms with Gasteiger partial charge in [-0.2, -0.15) is 0 Å². The van der Waals surface area contributed by atoms with Gasteiger partial charge in [-0.1, -0.05) is 18.2 Å². The number of aromatic nitrogens is 2.